The van der Waals surface area contributed by atoms with Gasteiger partial charge in [0.15, 0.2) is 18.5 Å². The summed E-state index contributed by atoms with van der Waals surface area (Å²) in [4.78, 5) is 53.8. The van der Waals surface area contributed by atoms with E-state index in [4.69, 9.17) is 28.4 Å². The van der Waals surface area contributed by atoms with Crippen molar-refractivity contribution in [2.75, 3.05) is 0 Å². The molecular formula is C28H37N7O11. The minimum absolute atomic E-state index is 0.0200. The molecule has 46 heavy (non-hydrogen) atoms. The molecule has 0 amide bonds. The van der Waals surface area contributed by atoms with Crippen LogP contribution in [0.2, 0.25) is 0 Å². The second-order valence-electron chi connectivity index (χ2n) is 10.8. The summed E-state index contributed by atoms with van der Waals surface area (Å²) >= 11 is 0. The number of aliphatic hydroxyl groups is 1. The average molecular weight is 648 g/mol. The van der Waals surface area contributed by atoms with E-state index in [1.54, 1.807) is 0 Å². The van der Waals surface area contributed by atoms with E-state index in [-0.39, 0.29) is 6.42 Å². The molecular weight excluding hydrogens is 610 g/mol. The summed E-state index contributed by atoms with van der Waals surface area (Å²) in [6, 6.07) is 5.97. The maximum atomic E-state index is 12.2. The van der Waals surface area contributed by atoms with Crippen LogP contribution < -0.4 is 5.32 Å². The Morgan fingerprint density at radius 2 is 1.50 bits per heavy atom. The molecule has 0 aromatic heterocycles. The summed E-state index contributed by atoms with van der Waals surface area (Å²) in [5.41, 5.74) is 19.7. The van der Waals surface area contributed by atoms with Gasteiger partial charge in [0.25, 0.3) is 0 Å². The molecule has 1 saturated heterocycles. The van der Waals surface area contributed by atoms with Gasteiger partial charge in [-0.1, -0.05) is 40.6 Å². The predicted octanol–water partition coefficient (Wildman–Crippen LogP) is 2.12. The van der Waals surface area contributed by atoms with Crippen molar-refractivity contribution in [1.29, 1.82) is 0 Å². The summed E-state index contributed by atoms with van der Waals surface area (Å²) in [5, 5.41) is 22.3. The average Bonchev–Trinajstić information content (AvgIpc) is 2.97. The van der Waals surface area contributed by atoms with E-state index in [1.165, 1.54) is 6.92 Å². The Balaban J connectivity index is 2.02. The maximum Gasteiger partial charge on any atom is 0.303 e. The fourth-order valence-electron chi connectivity index (χ4n) is 5.58. The van der Waals surface area contributed by atoms with Gasteiger partial charge in [0, 0.05) is 50.1 Å². The van der Waals surface area contributed by atoms with Gasteiger partial charge in [-0.3, -0.25) is 19.2 Å². The number of carbonyl (C=O) groups is 4. The van der Waals surface area contributed by atoms with Crippen LogP contribution in [0.25, 0.3) is 20.9 Å². The van der Waals surface area contributed by atoms with E-state index in [9.17, 15) is 35.3 Å². The van der Waals surface area contributed by atoms with E-state index in [0.717, 1.165) is 33.3 Å². The summed E-state index contributed by atoms with van der Waals surface area (Å²) in [5.74, 6) is -3.06. The van der Waals surface area contributed by atoms with Crippen LogP contribution in [0.5, 0.6) is 0 Å². The number of carbonyl (C=O) groups excluding carboxylic acids is 4. The van der Waals surface area contributed by atoms with Crippen molar-refractivity contribution in [2.45, 2.75) is 115 Å². The van der Waals surface area contributed by atoms with Gasteiger partial charge in [-0.05, 0) is 30.0 Å². The molecule has 4 unspecified atom stereocenters. The normalized spacial score (nSPS) is 31.2. The molecule has 1 aromatic rings. The molecule has 250 valence electrons. The third kappa shape index (κ3) is 9.53. The summed E-state index contributed by atoms with van der Waals surface area (Å²) in [6.45, 7) is 6.22. The van der Waals surface area contributed by atoms with Crippen LogP contribution in [0.4, 0.5) is 0 Å². The Morgan fingerprint density at radius 3 is 2.07 bits per heavy atom. The number of esters is 4. The molecule has 2 aliphatic rings. The molecule has 1 aliphatic heterocycles. The molecule has 1 aromatic carbocycles. The molecule has 0 radical (unpaired) electrons. The Kier molecular flexibility index (Phi) is 13.1. The largest absolute Gasteiger partial charge is 0.460 e. The third-order valence-electron chi connectivity index (χ3n) is 7.31. The number of benzene rings is 1. The molecule has 2 N–H and O–H groups in total. The second kappa shape index (κ2) is 16.7. The lowest BCUT2D eigenvalue weighted by atomic mass is 9.83. The maximum absolute atomic E-state index is 12.2. The predicted molar refractivity (Wildman–Crippen MR) is 155 cm³/mol. The number of rotatable bonds is 12. The van der Waals surface area contributed by atoms with Gasteiger partial charge in [0.2, 0.25) is 0 Å². The number of aliphatic hydroxyl groups excluding tert-OH is 1. The third-order valence-corrected chi connectivity index (χ3v) is 7.31. The lowest BCUT2D eigenvalue weighted by molar-refractivity contribution is -0.305. The number of nitrogens with one attached hydrogen (secondary N) is 1. The van der Waals surface area contributed by atoms with Crippen LogP contribution in [-0.2, 0) is 54.1 Å². The highest BCUT2D eigenvalue weighted by atomic mass is 16.7. The Labute approximate surface area is 263 Å². The van der Waals surface area contributed by atoms with Crippen molar-refractivity contribution in [1.82, 2.24) is 5.32 Å². The van der Waals surface area contributed by atoms with Crippen molar-refractivity contribution in [3.63, 3.8) is 0 Å². The van der Waals surface area contributed by atoms with Gasteiger partial charge in [-0.2, -0.15) is 0 Å². The van der Waals surface area contributed by atoms with Gasteiger partial charge >= 0.3 is 23.9 Å². The number of hydrogen-bond acceptors (Lipinski definition) is 14. The highest BCUT2D eigenvalue weighted by Gasteiger charge is 2.55. The monoisotopic (exact) mass is 647 g/mol. The van der Waals surface area contributed by atoms with E-state index in [2.05, 4.69) is 25.4 Å². The molecule has 18 nitrogen and oxygen atoms in total. The zero-order valence-corrected chi connectivity index (χ0v) is 25.9. The number of nitrogens with zero attached hydrogens (tertiary/aromatic N) is 6. The Hall–Kier alpha value is -4.44. The van der Waals surface area contributed by atoms with Gasteiger partial charge in [0.1, 0.15) is 30.5 Å². The molecule has 18 heteroatoms. The molecule has 11 atom stereocenters. The standard InChI is InChI=1S/C28H37N7O11/c1-13(41-14(2)36)23-27(44-17(5)39)26(43-16(4)38)21(33-35-30)28(45-23)46-25-20(32-34-29)11-19(24(22(25)40)42-15(3)37)31-12-18-9-7-6-8-10-18/h6-10,13,19-28,31,40H,11-12H2,1-5H3/t13-,19+,20?,21?,22?,23?,24+,25+,26+,27+,28+/m0/s1. The van der Waals surface area contributed by atoms with Gasteiger partial charge in [0.05, 0.1) is 12.1 Å². The van der Waals surface area contributed by atoms with Gasteiger partial charge < -0.3 is 38.8 Å². The van der Waals surface area contributed by atoms with E-state index < -0.39 is 91.0 Å². The highest BCUT2D eigenvalue weighted by Crippen LogP contribution is 2.36. The van der Waals surface area contributed by atoms with Crippen LogP contribution in [0.3, 0.4) is 0 Å². The van der Waals surface area contributed by atoms with Crippen LogP contribution >= 0.6 is 0 Å². The Bertz CT molecular complexity index is 1340. The number of ether oxygens (including phenoxy) is 6. The molecule has 0 spiro atoms. The van der Waals surface area contributed by atoms with Crippen molar-refractivity contribution in [3.8, 4) is 0 Å². The fourth-order valence-corrected chi connectivity index (χ4v) is 5.58. The number of hydrogen-bond donors (Lipinski definition) is 2. The summed E-state index contributed by atoms with van der Waals surface area (Å²) < 4.78 is 33.8. The molecule has 3 rings (SSSR count). The second-order valence-corrected chi connectivity index (χ2v) is 10.8. The first-order valence-corrected chi connectivity index (χ1v) is 14.4. The number of azide groups is 2. The first-order chi connectivity index (χ1) is 21.9. The summed E-state index contributed by atoms with van der Waals surface area (Å²) in [6.07, 6.45) is -11.3. The summed E-state index contributed by atoms with van der Waals surface area (Å²) in [7, 11) is 0. The van der Waals surface area contributed by atoms with Crippen molar-refractivity contribution >= 4 is 23.9 Å². The minimum Gasteiger partial charge on any atom is -0.460 e. The topological polar surface area (TPSA) is 253 Å². The zero-order chi connectivity index (χ0) is 34.0. The first kappa shape index (κ1) is 36.0. The van der Waals surface area contributed by atoms with Crippen LogP contribution in [-0.4, -0.2) is 96.1 Å². The molecule has 1 heterocycles. The zero-order valence-electron chi connectivity index (χ0n) is 25.9. The van der Waals surface area contributed by atoms with E-state index in [0.29, 0.717) is 6.54 Å². The Morgan fingerprint density at radius 1 is 0.913 bits per heavy atom. The van der Waals surface area contributed by atoms with Crippen molar-refractivity contribution in [3.05, 3.63) is 56.8 Å². The van der Waals surface area contributed by atoms with Crippen molar-refractivity contribution in [2.24, 2.45) is 10.2 Å². The van der Waals surface area contributed by atoms with Crippen LogP contribution in [0.15, 0.2) is 40.6 Å². The van der Waals surface area contributed by atoms with Crippen molar-refractivity contribution < 1.29 is 52.7 Å². The SMILES string of the molecule is CC(=O)O[C@@H](C)C1O[C@H](O[C@@H]2C(N=[N+]=[N-])C[C@@H](NCc3ccccc3)[C@@H](OC(C)=O)C2O)C(N=[N+]=[N-])[C@@H](OC(C)=O)[C@@H]1OC(C)=O. The minimum atomic E-state index is -1.65. The molecule has 2 fully saturated rings. The van der Waals surface area contributed by atoms with Gasteiger partial charge in [-0.25, -0.2) is 0 Å². The molecule has 0 bridgehead atoms. The van der Waals surface area contributed by atoms with Crippen LogP contribution in [0.1, 0.15) is 46.6 Å². The molecule has 1 aliphatic carbocycles. The smallest absolute Gasteiger partial charge is 0.303 e. The van der Waals surface area contributed by atoms with Crippen LogP contribution in [0, 0.1) is 0 Å². The quantitative estimate of drug-likeness (QED) is 0.109. The fraction of sp³-hybridized carbons (Fsp3) is 0.643. The van der Waals surface area contributed by atoms with E-state index in [1.807, 2.05) is 30.3 Å². The highest BCUT2D eigenvalue weighted by molar-refractivity contribution is 5.68. The molecule has 1 saturated carbocycles. The lowest BCUT2D eigenvalue weighted by Crippen LogP contribution is -2.66. The van der Waals surface area contributed by atoms with Gasteiger partial charge in [-0.15, -0.1) is 0 Å². The lowest BCUT2D eigenvalue weighted by Gasteiger charge is -2.48. The first-order valence-electron chi connectivity index (χ1n) is 14.4. The van der Waals surface area contributed by atoms with E-state index >= 15 is 0 Å².